The molecule has 2 aromatic carbocycles. The molecule has 0 aromatic heterocycles. The van der Waals surface area contributed by atoms with Crippen LogP contribution in [0, 0.1) is 48.7 Å². The summed E-state index contributed by atoms with van der Waals surface area (Å²) in [5.74, 6) is 0. The Morgan fingerprint density at radius 1 is 0.600 bits per heavy atom. The van der Waals surface area contributed by atoms with Gasteiger partial charge in [0.15, 0.2) is 0 Å². The van der Waals surface area contributed by atoms with Gasteiger partial charge in [0.25, 0.3) is 0 Å². The molecule has 0 saturated carbocycles. The predicted molar refractivity (Wildman–Crippen MR) is 98.6 cm³/mol. The van der Waals surface area contributed by atoms with Crippen LogP contribution in [0.25, 0.3) is 0 Å². The van der Waals surface area contributed by atoms with Gasteiger partial charge in [-0.2, -0.15) is 0 Å². The van der Waals surface area contributed by atoms with E-state index in [4.69, 9.17) is 8.91 Å². The van der Waals surface area contributed by atoms with Crippen LogP contribution < -0.4 is 0 Å². The zero-order valence-corrected chi connectivity index (χ0v) is 16.0. The standard InChI is InChI=1S/C18H22ClI/c1-11-7-13(3)17(14(4)8-11)20(19)18-15(5)9-12(2)10-16(18)6/h7-10H,1-6H3. The molecule has 0 amide bonds. The van der Waals surface area contributed by atoms with Crippen molar-refractivity contribution in [3.63, 3.8) is 0 Å². The molecule has 0 heterocycles. The number of benzene rings is 2. The molecule has 0 atom stereocenters. The summed E-state index contributed by atoms with van der Waals surface area (Å²) < 4.78 is 2.83. The maximum atomic E-state index is 7.01. The molecular weight excluding hydrogens is 379 g/mol. The van der Waals surface area contributed by atoms with E-state index in [2.05, 4.69) is 65.8 Å². The van der Waals surface area contributed by atoms with Gasteiger partial charge in [-0.25, -0.2) is 0 Å². The van der Waals surface area contributed by atoms with Crippen molar-refractivity contribution in [3.8, 4) is 0 Å². The van der Waals surface area contributed by atoms with Crippen LogP contribution in [0.3, 0.4) is 0 Å². The molecule has 0 fully saturated rings. The summed E-state index contributed by atoms with van der Waals surface area (Å²) >= 11 is -1.85. The monoisotopic (exact) mass is 400 g/mol. The van der Waals surface area contributed by atoms with Crippen molar-refractivity contribution in [1.82, 2.24) is 0 Å². The molecule has 0 spiro atoms. The molecule has 0 nitrogen and oxygen atoms in total. The third-order valence-electron chi connectivity index (χ3n) is 3.49. The van der Waals surface area contributed by atoms with E-state index in [9.17, 15) is 0 Å². The molecule has 0 unspecified atom stereocenters. The Morgan fingerprint density at radius 2 is 0.850 bits per heavy atom. The molecule has 2 aromatic rings. The average Bonchev–Trinajstić information content (AvgIpc) is 2.25. The molecule has 0 saturated heterocycles. The Bertz CT molecular complexity index is 555. The summed E-state index contributed by atoms with van der Waals surface area (Å²) in [7, 11) is 7.01. The van der Waals surface area contributed by atoms with E-state index >= 15 is 0 Å². The first-order valence-electron chi connectivity index (χ1n) is 6.83. The molecule has 0 radical (unpaired) electrons. The second kappa shape index (κ2) is 6.07. The normalized spacial score (nSPS) is 11.7. The van der Waals surface area contributed by atoms with E-state index in [1.165, 1.54) is 40.5 Å². The number of rotatable bonds is 2. The summed E-state index contributed by atoms with van der Waals surface area (Å²) in [4.78, 5) is 0. The van der Waals surface area contributed by atoms with E-state index in [0.717, 1.165) is 0 Å². The SMILES string of the molecule is Cc1cc(C)c(I(Cl)c2c(C)cc(C)cc2C)c(C)c1. The van der Waals surface area contributed by atoms with Crippen LogP contribution in [-0.2, 0) is 0 Å². The number of hydrogen-bond acceptors (Lipinski definition) is 0. The fourth-order valence-electron chi connectivity index (χ4n) is 2.94. The Morgan fingerprint density at radius 3 is 1.10 bits per heavy atom. The van der Waals surface area contributed by atoms with E-state index in [-0.39, 0.29) is 0 Å². The first-order chi connectivity index (χ1) is 9.31. The van der Waals surface area contributed by atoms with Crippen LogP contribution in [0.5, 0.6) is 0 Å². The van der Waals surface area contributed by atoms with E-state index in [1.807, 2.05) is 0 Å². The van der Waals surface area contributed by atoms with E-state index < -0.39 is 18.7 Å². The minimum absolute atomic E-state index is 1.32. The van der Waals surface area contributed by atoms with Gasteiger partial charge in [-0.05, 0) is 0 Å². The quantitative estimate of drug-likeness (QED) is 0.524. The van der Waals surface area contributed by atoms with Crippen molar-refractivity contribution in [2.24, 2.45) is 0 Å². The van der Waals surface area contributed by atoms with E-state index in [0.29, 0.717) is 0 Å². The maximum absolute atomic E-state index is 7.01. The summed E-state index contributed by atoms with van der Waals surface area (Å²) in [6.07, 6.45) is 0. The predicted octanol–water partition coefficient (Wildman–Crippen LogP) is 6.24. The van der Waals surface area contributed by atoms with E-state index in [1.54, 1.807) is 0 Å². The van der Waals surface area contributed by atoms with Crippen molar-refractivity contribution in [2.45, 2.75) is 41.5 Å². The van der Waals surface area contributed by atoms with Gasteiger partial charge >= 0.3 is 134 Å². The number of halogens is 2. The third kappa shape index (κ3) is 3.04. The van der Waals surface area contributed by atoms with Gasteiger partial charge in [-0.1, -0.05) is 0 Å². The molecular formula is C18H22ClI. The average molecular weight is 401 g/mol. The topological polar surface area (TPSA) is 0 Å². The molecule has 0 aliphatic carbocycles. The van der Waals surface area contributed by atoms with Gasteiger partial charge in [0, 0.05) is 0 Å². The Labute approximate surface area is 133 Å². The zero-order valence-electron chi connectivity index (χ0n) is 13.1. The fourth-order valence-corrected chi connectivity index (χ4v) is 10.1. The van der Waals surface area contributed by atoms with Crippen LogP contribution in [0.4, 0.5) is 0 Å². The molecule has 2 rings (SSSR count). The van der Waals surface area contributed by atoms with Crippen molar-refractivity contribution in [2.75, 3.05) is 0 Å². The molecule has 0 N–H and O–H groups in total. The first-order valence-corrected chi connectivity index (χ1v) is 11.7. The van der Waals surface area contributed by atoms with Crippen LogP contribution in [0.15, 0.2) is 24.3 Å². The van der Waals surface area contributed by atoms with Gasteiger partial charge in [0.05, 0.1) is 0 Å². The van der Waals surface area contributed by atoms with Crippen molar-refractivity contribution >= 4 is 27.6 Å². The molecule has 0 bridgehead atoms. The van der Waals surface area contributed by atoms with Gasteiger partial charge in [0.1, 0.15) is 0 Å². The number of hydrogen-bond donors (Lipinski definition) is 0. The van der Waals surface area contributed by atoms with Crippen LogP contribution in [0.1, 0.15) is 33.4 Å². The first kappa shape index (κ1) is 15.8. The summed E-state index contributed by atoms with van der Waals surface area (Å²) in [5, 5.41) is 0. The minimum atomic E-state index is -1.85. The molecule has 2 heteroatoms. The molecule has 0 aliphatic rings. The summed E-state index contributed by atoms with van der Waals surface area (Å²) in [6.45, 7) is 13.1. The Balaban J connectivity index is 2.61. The van der Waals surface area contributed by atoms with Crippen molar-refractivity contribution in [1.29, 1.82) is 0 Å². The van der Waals surface area contributed by atoms with Gasteiger partial charge in [0.2, 0.25) is 0 Å². The zero-order chi connectivity index (χ0) is 15.0. The Hall–Kier alpha value is -0.540. The number of aryl methyl sites for hydroxylation is 6. The summed E-state index contributed by atoms with van der Waals surface area (Å²) in [5.41, 5.74) is 8.04. The molecule has 108 valence electrons. The third-order valence-corrected chi connectivity index (χ3v) is 10.7. The fraction of sp³-hybridized carbons (Fsp3) is 0.333. The second-order valence-electron chi connectivity index (χ2n) is 5.66. The molecule has 0 aliphatic heterocycles. The van der Waals surface area contributed by atoms with Crippen LogP contribution in [0.2, 0.25) is 0 Å². The van der Waals surface area contributed by atoms with Gasteiger partial charge in [-0.15, -0.1) is 0 Å². The van der Waals surface area contributed by atoms with Gasteiger partial charge in [-0.3, -0.25) is 0 Å². The molecule has 20 heavy (non-hydrogen) atoms. The Kier molecular flexibility index (Phi) is 4.80. The second-order valence-corrected chi connectivity index (χ2v) is 11.1. The van der Waals surface area contributed by atoms with Crippen molar-refractivity contribution in [3.05, 3.63) is 64.8 Å². The summed E-state index contributed by atoms with van der Waals surface area (Å²) in [6, 6.07) is 9.03. The van der Waals surface area contributed by atoms with Crippen LogP contribution >= 0.6 is 27.6 Å². The van der Waals surface area contributed by atoms with Crippen LogP contribution in [-0.4, -0.2) is 0 Å². The van der Waals surface area contributed by atoms with Gasteiger partial charge < -0.3 is 0 Å². The van der Waals surface area contributed by atoms with Crippen molar-refractivity contribution < 1.29 is 0 Å².